The number of nitrogens with two attached hydrogens (primary N) is 1. The number of carbonyl (C=O) groups excluding carboxylic acids is 1. The molecule has 0 radical (unpaired) electrons. The summed E-state index contributed by atoms with van der Waals surface area (Å²) in [6, 6.07) is 9.65. The average molecular weight is 603 g/mol. The summed E-state index contributed by atoms with van der Waals surface area (Å²) < 4.78 is 45.9. The van der Waals surface area contributed by atoms with Crippen molar-refractivity contribution in [3.05, 3.63) is 64.5 Å². The molecule has 0 amide bonds. The van der Waals surface area contributed by atoms with E-state index in [1.807, 2.05) is 31.5 Å². The highest BCUT2D eigenvalue weighted by Crippen LogP contribution is 2.38. The second kappa shape index (κ2) is 12.9. The van der Waals surface area contributed by atoms with Gasteiger partial charge in [0.15, 0.2) is 6.61 Å². The Morgan fingerprint density at radius 2 is 1.93 bits per heavy atom. The van der Waals surface area contributed by atoms with Crippen LogP contribution < -0.4 is 20.5 Å². The number of nitro benzene ring substituents is 1. The Morgan fingerprint density at radius 1 is 1.21 bits per heavy atom. The molecule has 3 atom stereocenters. The lowest BCUT2D eigenvalue weighted by Gasteiger charge is -2.23. The zero-order chi connectivity index (χ0) is 31.4. The first-order valence-electron chi connectivity index (χ1n) is 13.9. The molecular formula is C29H36F2N6O6. The minimum absolute atomic E-state index is 0.0184. The molecule has 1 aromatic carbocycles. The minimum Gasteiger partial charge on any atom is -0.471 e. The number of alkyl halides is 2. The van der Waals surface area contributed by atoms with Gasteiger partial charge in [-0.05, 0) is 65.2 Å². The van der Waals surface area contributed by atoms with Crippen LogP contribution in [0, 0.1) is 10.1 Å². The predicted octanol–water partition coefficient (Wildman–Crippen LogP) is 6.29. The van der Waals surface area contributed by atoms with E-state index < -0.39 is 41.6 Å². The summed E-state index contributed by atoms with van der Waals surface area (Å²) in [7, 11) is 0. The van der Waals surface area contributed by atoms with Gasteiger partial charge in [0.1, 0.15) is 17.7 Å². The predicted molar refractivity (Wildman–Crippen MR) is 154 cm³/mol. The van der Waals surface area contributed by atoms with Crippen molar-refractivity contribution in [2.75, 3.05) is 11.9 Å². The van der Waals surface area contributed by atoms with Gasteiger partial charge in [-0.25, -0.2) is 23.2 Å². The lowest BCUT2D eigenvalue weighted by atomic mass is 10.0. The third kappa shape index (κ3) is 8.83. The highest BCUT2D eigenvalue weighted by Gasteiger charge is 2.33. The molecule has 3 aromatic rings. The number of ether oxygens (including phenoxy) is 3. The maximum absolute atomic E-state index is 14.1. The van der Waals surface area contributed by atoms with E-state index in [1.54, 1.807) is 6.07 Å². The van der Waals surface area contributed by atoms with Crippen molar-refractivity contribution >= 4 is 23.3 Å². The van der Waals surface area contributed by atoms with Crippen LogP contribution in [-0.4, -0.2) is 50.5 Å². The molecule has 0 unspecified atom stereocenters. The molecule has 1 fully saturated rings. The van der Waals surface area contributed by atoms with Gasteiger partial charge in [-0.1, -0.05) is 0 Å². The summed E-state index contributed by atoms with van der Waals surface area (Å²) in [6.45, 7) is 6.70. The molecule has 0 saturated heterocycles. The number of hydrogen-bond donors (Lipinski definition) is 2. The average Bonchev–Trinajstić information content (AvgIpc) is 3.54. The van der Waals surface area contributed by atoms with E-state index in [2.05, 4.69) is 10.3 Å². The minimum atomic E-state index is -3.08. The van der Waals surface area contributed by atoms with E-state index >= 15 is 0 Å². The number of benzene rings is 1. The van der Waals surface area contributed by atoms with Crippen molar-refractivity contribution < 1.29 is 32.7 Å². The topological polar surface area (TPSA) is 157 Å². The monoisotopic (exact) mass is 602 g/mol. The van der Waals surface area contributed by atoms with Gasteiger partial charge in [0.2, 0.25) is 5.88 Å². The number of anilines is 2. The molecule has 3 N–H and O–H groups in total. The molecule has 1 aliphatic carbocycles. The van der Waals surface area contributed by atoms with Crippen LogP contribution in [0.2, 0.25) is 0 Å². The van der Waals surface area contributed by atoms with Gasteiger partial charge < -0.3 is 25.3 Å². The Morgan fingerprint density at radius 3 is 2.58 bits per heavy atom. The number of halogens is 2. The molecule has 2 heterocycles. The molecule has 0 aliphatic heterocycles. The SMILES string of the molecule is C[C@H](N)CC(F)(F)COc1cc(Nc2cc([C@H]3CC[C@@H](OC(=O)Oc4ccc([N+](=O)[O-])cc4)C3)nn2C(C)(C)C)ccn1. The lowest BCUT2D eigenvalue weighted by molar-refractivity contribution is -0.384. The third-order valence-electron chi connectivity index (χ3n) is 6.74. The number of aromatic nitrogens is 3. The van der Waals surface area contributed by atoms with Gasteiger partial charge in [-0.3, -0.25) is 10.1 Å². The van der Waals surface area contributed by atoms with Crippen LogP contribution in [-0.2, 0) is 10.3 Å². The first kappa shape index (κ1) is 31.6. The van der Waals surface area contributed by atoms with Gasteiger partial charge in [0.25, 0.3) is 11.6 Å². The van der Waals surface area contributed by atoms with Gasteiger partial charge in [-0.15, -0.1) is 0 Å². The van der Waals surface area contributed by atoms with Crippen LogP contribution in [0.5, 0.6) is 11.6 Å². The number of nitrogens with one attached hydrogen (secondary N) is 1. The molecular weight excluding hydrogens is 566 g/mol. The fourth-order valence-corrected chi connectivity index (χ4v) is 4.83. The number of nitro groups is 1. The Balaban J connectivity index is 1.39. The first-order chi connectivity index (χ1) is 20.2. The fraction of sp³-hybridized carbons (Fsp3) is 0.483. The number of non-ortho nitro benzene ring substituents is 1. The normalized spacial score (nSPS) is 17.7. The quantitative estimate of drug-likeness (QED) is 0.111. The third-order valence-corrected chi connectivity index (χ3v) is 6.74. The van der Waals surface area contributed by atoms with Crippen LogP contribution in [0.1, 0.15) is 65.0 Å². The Bertz CT molecular complexity index is 1420. The molecule has 1 aliphatic rings. The Labute approximate surface area is 247 Å². The van der Waals surface area contributed by atoms with Crippen molar-refractivity contribution in [2.45, 2.75) is 82.9 Å². The van der Waals surface area contributed by atoms with Gasteiger partial charge in [-0.2, -0.15) is 5.10 Å². The molecule has 4 rings (SSSR count). The molecule has 12 nitrogen and oxygen atoms in total. The van der Waals surface area contributed by atoms with E-state index in [4.69, 9.17) is 25.0 Å². The second-order valence-corrected chi connectivity index (χ2v) is 11.7. The summed E-state index contributed by atoms with van der Waals surface area (Å²) in [6.07, 6.45) is 1.60. The number of pyridine rings is 1. The standard InChI is InChI=1S/C29H36F2N6O6/c1-18(32)16-29(30,31)17-41-26-14-20(11-12-33-26)34-25-15-24(35-36(25)28(2,3)4)19-5-8-23(13-19)43-27(38)42-22-9-6-21(7-10-22)37(39)40/h6-7,9-12,14-15,18-19,23H,5,8,13,16-17,32H2,1-4H3,(H,33,34)/t18-,19-,23+/m0/s1. The van der Waals surface area contributed by atoms with Gasteiger partial charge in [0, 0.05) is 54.5 Å². The van der Waals surface area contributed by atoms with Crippen molar-refractivity contribution in [1.29, 1.82) is 0 Å². The number of hydrogen-bond acceptors (Lipinski definition) is 10. The maximum Gasteiger partial charge on any atom is 0.514 e. The fourth-order valence-electron chi connectivity index (χ4n) is 4.83. The number of carbonyl (C=O) groups is 1. The molecule has 43 heavy (non-hydrogen) atoms. The molecule has 1 saturated carbocycles. The molecule has 232 valence electrons. The van der Waals surface area contributed by atoms with E-state index in [9.17, 15) is 23.7 Å². The first-order valence-corrected chi connectivity index (χ1v) is 13.9. The van der Waals surface area contributed by atoms with Crippen LogP contribution in [0.25, 0.3) is 0 Å². The zero-order valence-electron chi connectivity index (χ0n) is 24.5. The van der Waals surface area contributed by atoms with Crippen molar-refractivity contribution in [3.8, 4) is 11.6 Å². The summed E-state index contributed by atoms with van der Waals surface area (Å²) in [5.41, 5.74) is 6.40. The number of nitrogens with zero attached hydrogens (tertiary/aromatic N) is 4. The Hall–Kier alpha value is -4.33. The van der Waals surface area contributed by atoms with Crippen molar-refractivity contribution in [2.24, 2.45) is 5.73 Å². The highest BCUT2D eigenvalue weighted by atomic mass is 19.3. The van der Waals surface area contributed by atoms with E-state index in [1.165, 1.54) is 43.5 Å². The summed E-state index contributed by atoms with van der Waals surface area (Å²) in [5, 5.41) is 19.0. The van der Waals surface area contributed by atoms with Crippen LogP contribution in [0.3, 0.4) is 0 Å². The molecule has 0 spiro atoms. The second-order valence-electron chi connectivity index (χ2n) is 11.7. The van der Waals surface area contributed by atoms with Gasteiger partial charge in [0.05, 0.1) is 16.2 Å². The lowest BCUT2D eigenvalue weighted by Crippen LogP contribution is -2.33. The van der Waals surface area contributed by atoms with E-state index in [0.717, 1.165) is 12.1 Å². The molecule has 0 bridgehead atoms. The molecule has 2 aromatic heterocycles. The van der Waals surface area contributed by atoms with Crippen LogP contribution >= 0.6 is 0 Å². The molecule has 14 heteroatoms. The van der Waals surface area contributed by atoms with Crippen LogP contribution in [0.4, 0.5) is 30.8 Å². The summed E-state index contributed by atoms with van der Waals surface area (Å²) in [4.78, 5) is 26.6. The van der Waals surface area contributed by atoms with E-state index in [0.29, 0.717) is 24.3 Å². The van der Waals surface area contributed by atoms with Crippen molar-refractivity contribution in [1.82, 2.24) is 14.8 Å². The largest absolute Gasteiger partial charge is 0.514 e. The van der Waals surface area contributed by atoms with Crippen LogP contribution in [0.15, 0.2) is 48.7 Å². The van der Waals surface area contributed by atoms with E-state index in [-0.39, 0.29) is 29.3 Å². The number of rotatable bonds is 11. The maximum atomic E-state index is 14.1. The van der Waals surface area contributed by atoms with Crippen molar-refractivity contribution in [3.63, 3.8) is 0 Å². The zero-order valence-corrected chi connectivity index (χ0v) is 24.5. The summed E-state index contributed by atoms with van der Waals surface area (Å²) in [5.74, 6) is -2.18. The highest BCUT2D eigenvalue weighted by molar-refractivity contribution is 5.64. The smallest absolute Gasteiger partial charge is 0.471 e. The van der Waals surface area contributed by atoms with Gasteiger partial charge >= 0.3 is 6.16 Å². The summed E-state index contributed by atoms with van der Waals surface area (Å²) >= 11 is 0. The Kier molecular flexibility index (Phi) is 9.48.